The largest absolute Gasteiger partial charge is 0.340 e. The maximum Gasteiger partial charge on any atom is 0.318 e. The lowest BCUT2D eigenvalue weighted by Crippen LogP contribution is -2.57. The predicted octanol–water partition coefficient (Wildman–Crippen LogP) is 3.07. The molecule has 0 spiro atoms. The highest BCUT2D eigenvalue weighted by Crippen LogP contribution is 2.28. The Morgan fingerprint density at radius 2 is 2.04 bits per heavy atom. The summed E-state index contributed by atoms with van der Waals surface area (Å²) in [6, 6.07) is 1.53. The number of urea groups is 1. The molecule has 1 aromatic carbocycles. The van der Waals surface area contributed by atoms with E-state index in [1.807, 2.05) is 6.92 Å². The monoisotopic (exact) mass is 361 g/mol. The summed E-state index contributed by atoms with van der Waals surface area (Å²) in [7, 11) is 1.71. The SMILES string of the molecule is CC(NC(=O)N1CC(=O)N(C)C(C)C1)c1cc(F)c(Cl)cc1Cl. The lowest BCUT2D eigenvalue weighted by Gasteiger charge is -2.37. The molecule has 5 nitrogen and oxygen atoms in total. The second kappa shape index (κ2) is 6.93. The van der Waals surface area contributed by atoms with Crippen LogP contribution in [0, 0.1) is 5.82 Å². The van der Waals surface area contributed by atoms with Crippen LogP contribution in [0.1, 0.15) is 25.5 Å². The number of amides is 3. The van der Waals surface area contributed by atoms with Gasteiger partial charge in [-0.3, -0.25) is 4.79 Å². The van der Waals surface area contributed by atoms with Crippen LogP contribution in [0.5, 0.6) is 0 Å². The van der Waals surface area contributed by atoms with Crippen molar-refractivity contribution >= 4 is 35.1 Å². The van der Waals surface area contributed by atoms with Gasteiger partial charge in [0, 0.05) is 24.7 Å². The Bertz CT molecular complexity index is 641. The van der Waals surface area contributed by atoms with Crippen molar-refractivity contribution in [2.75, 3.05) is 20.1 Å². The third-order valence-electron chi connectivity index (χ3n) is 4.00. The van der Waals surface area contributed by atoms with Gasteiger partial charge in [0.1, 0.15) is 12.4 Å². The van der Waals surface area contributed by atoms with E-state index in [9.17, 15) is 14.0 Å². The first-order valence-corrected chi connectivity index (χ1v) is 7.91. The second-order valence-electron chi connectivity index (χ2n) is 5.69. The van der Waals surface area contributed by atoms with Gasteiger partial charge in [-0.25, -0.2) is 9.18 Å². The molecular formula is C15H18Cl2FN3O2. The van der Waals surface area contributed by atoms with Crippen LogP contribution in [0.3, 0.4) is 0 Å². The van der Waals surface area contributed by atoms with Gasteiger partial charge in [0.25, 0.3) is 0 Å². The highest BCUT2D eigenvalue weighted by molar-refractivity contribution is 6.35. The molecule has 1 heterocycles. The smallest absolute Gasteiger partial charge is 0.318 e. The molecule has 3 amide bonds. The lowest BCUT2D eigenvalue weighted by atomic mass is 10.1. The Balaban J connectivity index is 2.08. The highest BCUT2D eigenvalue weighted by atomic mass is 35.5. The zero-order valence-electron chi connectivity index (χ0n) is 13.1. The van der Waals surface area contributed by atoms with Crippen molar-refractivity contribution in [1.29, 1.82) is 0 Å². The minimum absolute atomic E-state index is 0.0160. The van der Waals surface area contributed by atoms with Crippen molar-refractivity contribution in [1.82, 2.24) is 15.1 Å². The molecule has 1 saturated heterocycles. The lowest BCUT2D eigenvalue weighted by molar-refractivity contribution is -0.135. The van der Waals surface area contributed by atoms with Crippen LogP contribution < -0.4 is 5.32 Å². The summed E-state index contributed by atoms with van der Waals surface area (Å²) in [5.41, 5.74) is 0.426. The molecule has 0 bridgehead atoms. The highest BCUT2D eigenvalue weighted by Gasteiger charge is 2.30. The number of carbonyl (C=O) groups is 2. The van der Waals surface area contributed by atoms with Crippen LogP contribution in [0.15, 0.2) is 12.1 Å². The summed E-state index contributed by atoms with van der Waals surface area (Å²) in [4.78, 5) is 27.2. The standard InChI is InChI=1S/C15H18Cl2FN3O2/c1-8-6-21(7-14(22)20(8)3)15(23)19-9(2)10-4-13(18)12(17)5-11(10)16/h4-5,8-9H,6-7H2,1-3H3,(H,19,23). The van der Waals surface area contributed by atoms with E-state index in [1.165, 1.54) is 17.0 Å². The molecule has 0 saturated carbocycles. The number of likely N-dealkylation sites (N-methyl/N-ethyl adjacent to an activating group) is 1. The van der Waals surface area contributed by atoms with Crippen LogP contribution in [-0.2, 0) is 4.79 Å². The fourth-order valence-corrected chi connectivity index (χ4v) is 2.95. The maximum atomic E-state index is 13.6. The van der Waals surface area contributed by atoms with Gasteiger partial charge in [0.2, 0.25) is 5.91 Å². The molecule has 0 radical (unpaired) electrons. The molecule has 1 aliphatic heterocycles. The first-order valence-electron chi connectivity index (χ1n) is 7.16. The summed E-state index contributed by atoms with van der Waals surface area (Å²) in [5.74, 6) is -0.724. The van der Waals surface area contributed by atoms with E-state index < -0.39 is 17.9 Å². The van der Waals surface area contributed by atoms with Crippen molar-refractivity contribution in [3.8, 4) is 0 Å². The molecule has 1 aromatic rings. The number of nitrogens with one attached hydrogen (secondary N) is 1. The topological polar surface area (TPSA) is 52.7 Å². The molecular weight excluding hydrogens is 344 g/mol. The van der Waals surface area contributed by atoms with Crippen LogP contribution in [0.2, 0.25) is 10.0 Å². The second-order valence-corrected chi connectivity index (χ2v) is 6.51. The Labute approximate surface area is 144 Å². The Morgan fingerprint density at radius 3 is 2.65 bits per heavy atom. The first-order chi connectivity index (χ1) is 10.7. The van der Waals surface area contributed by atoms with E-state index in [0.29, 0.717) is 12.1 Å². The molecule has 2 unspecified atom stereocenters. The molecule has 8 heteroatoms. The van der Waals surface area contributed by atoms with E-state index in [4.69, 9.17) is 23.2 Å². The third kappa shape index (κ3) is 3.87. The van der Waals surface area contributed by atoms with Crippen LogP contribution >= 0.6 is 23.2 Å². The van der Waals surface area contributed by atoms with Crippen molar-refractivity contribution in [3.63, 3.8) is 0 Å². The number of hydrogen-bond donors (Lipinski definition) is 1. The summed E-state index contributed by atoms with van der Waals surface area (Å²) >= 11 is 11.7. The van der Waals surface area contributed by atoms with Crippen molar-refractivity contribution in [3.05, 3.63) is 33.6 Å². The molecule has 1 N–H and O–H groups in total. The number of benzene rings is 1. The quantitative estimate of drug-likeness (QED) is 0.823. The minimum atomic E-state index is -0.601. The Morgan fingerprint density at radius 1 is 1.39 bits per heavy atom. The fraction of sp³-hybridized carbons (Fsp3) is 0.467. The number of hydrogen-bond acceptors (Lipinski definition) is 2. The summed E-state index contributed by atoms with van der Waals surface area (Å²) in [6.45, 7) is 4.01. The number of piperazine rings is 1. The molecule has 2 atom stereocenters. The number of carbonyl (C=O) groups excluding carboxylic acids is 2. The van der Waals surface area contributed by atoms with E-state index in [2.05, 4.69) is 5.32 Å². The van der Waals surface area contributed by atoms with Gasteiger partial charge in [0.15, 0.2) is 0 Å². The van der Waals surface area contributed by atoms with Crippen molar-refractivity contribution in [2.45, 2.75) is 25.9 Å². The zero-order valence-corrected chi connectivity index (χ0v) is 14.6. The van der Waals surface area contributed by atoms with Gasteiger partial charge in [-0.15, -0.1) is 0 Å². The summed E-state index contributed by atoms with van der Waals surface area (Å²) < 4.78 is 13.6. The van der Waals surface area contributed by atoms with E-state index in [0.717, 1.165) is 0 Å². The third-order valence-corrected chi connectivity index (χ3v) is 4.62. The molecule has 126 valence electrons. The normalized spacial score (nSPS) is 19.7. The molecule has 2 rings (SSSR count). The molecule has 1 aliphatic rings. The fourth-order valence-electron chi connectivity index (χ4n) is 2.41. The summed E-state index contributed by atoms with van der Waals surface area (Å²) in [5, 5.41) is 2.93. The minimum Gasteiger partial charge on any atom is -0.340 e. The van der Waals surface area contributed by atoms with Gasteiger partial charge in [-0.1, -0.05) is 23.2 Å². The maximum absolute atomic E-state index is 13.6. The van der Waals surface area contributed by atoms with E-state index >= 15 is 0 Å². The molecule has 1 fully saturated rings. The van der Waals surface area contributed by atoms with E-state index in [-0.39, 0.29) is 28.5 Å². The Hall–Kier alpha value is -1.53. The average molecular weight is 362 g/mol. The van der Waals surface area contributed by atoms with Gasteiger partial charge in [-0.2, -0.15) is 0 Å². The van der Waals surface area contributed by atoms with Gasteiger partial charge in [0.05, 0.1) is 11.1 Å². The van der Waals surface area contributed by atoms with Gasteiger partial charge >= 0.3 is 6.03 Å². The van der Waals surface area contributed by atoms with Crippen LogP contribution in [0.25, 0.3) is 0 Å². The van der Waals surface area contributed by atoms with Crippen LogP contribution in [-0.4, -0.2) is 47.9 Å². The first kappa shape index (κ1) is 17.8. The number of nitrogens with zero attached hydrogens (tertiary/aromatic N) is 2. The van der Waals surface area contributed by atoms with Crippen molar-refractivity contribution in [2.24, 2.45) is 0 Å². The van der Waals surface area contributed by atoms with Crippen molar-refractivity contribution < 1.29 is 14.0 Å². The summed E-state index contributed by atoms with van der Waals surface area (Å²) in [6.07, 6.45) is 0. The molecule has 0 aromatic heterocycles. The van der Waals surface area contributed by atoms with E-state index in [1.54, 1.807) is 18.9 Å². The number of halogens is 3. The van der Waals surface area contributed by atoms with Gasteiger partial charge < -0.3 is 15.1 Å². The molecule has 23 heavy (non-hydrogen) atoms. The number of rotatable bonds is 2. The van der Waals surface area contributed by atoms with Gasteiger partial charge in [-0.05, 0) is 31.5 Å². The Kier molecular flexibility index (Phi) is 5.37. The van der Waals surface area contributed by atoms with Crippen LogP contribution in [0.4, 0.5) is 9.18 Å². The molecule has 0 aliphatic carbocycles. The average Bonchev–Trinajstić information content (AvgIpc) is 2.47. The predicted molar refractivity (Wildman–Crippen MR) is 87.2 cm³/mol. The zero-order chi connectivity index (χ0) is 17.3.